The first kappa shape index (κ1) is 15.3. The lowest BCUT2D eigenvalue weighted by Gasteiger charge is -2.24. The fraction of sp³-hybridized carbons (Fsp3) is 0.889. The Morgan fingerprint density at radius 3 is 2.44 bits per heavy atom. The monoisotopic (exact) mass is 253 g/mol. The quantitative estimate of drug-likeness (QED) is 0.637. The molecule has 0 aliphatic heterocycles. The zero-order valence-corrected chi connectivity index (χ0v) is 10.6. The lowest BCUT2D eigenvalue weighted by molar-refractivity contribution is -0.134. The molecule has 0 aliphatic carbocycles. The molecular formula is C9H19NO5S. The highest BCUT2D eigenvalue weighted by molar-refractivity contribution is 7.90. The summed E-state index contributed by atoms with van der Waals surface area (Å²) in [5.41, 5.74) is -0.262. The number of methoxy groups -OCH3 is 1. The standard InChI is InChI=1S/C9H19NO5S/c1-9(2,4-5-15-3)7-10-16(13,14)6-8(11)12/h10H,4-7H2,1-3H3,(H,11,12). The van der Waals surface area contributed by atoms with E-state index in [-0.39, 0.29) is 12.0 Å². The Morgan fingerprint density at radius 2 is 2.00 bits per heavy atom. The number of carboxylic acids is 1. The van der Waals surface area contributed by atoms with Crippen molar-refractivity contribution in [2.45, 2.75) is 20.3 Å². The lowest BCUT2D eigenvalue weighted by Crippen LogP contribution is -2.37. The van der Waals surface area contributed by atoms with Crippen molar-refractivity contribution in [3.8, 4) is 0 Å². The molecule has 0 saturated carbocycles. The van der Waals surface area contributed by atoms with Crippen LogP contribution in [-0.2, 0) is 19.6 Å². The van der Waals surface area contributed by atoms with Gasteiger partial charge in [0.05, 0.1) is 0 Å². The van der Waals surface area contributed by atoms with Gasteiger partial charge >= 0.3 is 5.97 Å². The van der Waals surface area contributed by atoms with Crippen LogP contribution in [0.4, 0.5) is 0 Å². The molecule has 0 spiro atoms. The van der Waals surface area contributed by atoms with Gasteiger partial charge in [-0.05, 0) is 11.8 Å². The second-order valence-corrected chi connectivity index (χ2v) is 6.19. The first-order valence-corrected chi connectivity index (χ1v) is 6.52. The number of ether oxygens (including phenoxy) is 1. The van der Waals surface area contributed by atoms with Crippen LogP contribution in [0.5, 0.6) is 0 Å². The van der Waals surface area contributed by atoms with Gasteiger partial charge in [-0.25, -0.2) is 13.1 Å². The zero-order valence-electron chi connectivity index (χ0n) is 9.82. The molecule has 0 radical (unpaired) electrons. The Bertz CT molecular complexity index is 323. The SMILES string of the molecule is COCCC(C)(C)CNS(=O)(=O)CC(=O)O. The lowest BCUT2D eigenvalue weighted by atomic mass is 9.90. The predicted octanol–water partition coefficient (Wildman–Crippen LogP) is 0.0531. The van der Waals surface area contributed by atoms with E-state index in [1.54, 1.807) is 7.11 Å². The molecular weight excluding hydrogens is 234 g/mol. The van der Waals surface area contributed by atoms with Crippen LogP contribution in [0.3, 0.4) is 0 Å². The van der Waals surface area contributed by atoms with E-state index in [1.807, 2.05) is 13.8 Å². The summed E-state index contributed by atoms with van der Waals surface area (Å²) in [7, 11) is -2.16. The van der Waals surface area contributed by atoms with Crippen molar-refractivity contribution in [3.63, 3.8) is 0 Å². The summed E-state index contributed by atoms with van der Waals surface area (Å²) in [6.07, 6.45) is 0.694. The summed E-state index contributed by atoms with van der Waals surface area (Å²) in [5.74, 6) is -2.25. The minimum absolute atomic E-state index is 0.200. The molecule has 0 saturated heterocycles. The van der Waals surface area contributed by atoms with Crippen molar-refractivity contribution in [2.24, 2.45) is 5.41 Å². The van der Waals surface area contributed by atoms with Crippen molar-refractivity contribution in [3.05, 3.63) is 0 Å². The molecule has 7 heteroatoms. The highest BCUT2D eigenvalue weighted by Gasteiger charge is 2.22. The number of carboxylic acid groups (broad SMARTS) is 1. The summed E-state index contributed by atoms with van der Waals surface area (Å²) in [4.78, 5) is 10.3. The second-order valence-electron chi connectivity index (χ2n) is 4.38. The maximum atomic E-state index is 11.2. The van der Waals surface area contributed by atoms with E-state index in [0.717, 1.165) is 0 Å². The molecule has 0 unspecified atom stereocenters. The molecule has 0 atom stereocenters. The first-order chi connectivity index (χ1) is 7.18. The molecule has 0 aromatic carbocycles. The van der Waals surface area contributed by atoms with Gasteiger partial charge in [0.1, 0.15) is 0 Å². The molecule has 16 heavy (non-hydrogen) atoms. The van der Waals surface area contributed by atoms with Crippen LogP contribution in [0.25, 0.3) is 0 Å². The molecule has 0 heterocycles. The van der Waals surface area contributed by atoms with Gasteiger partial charge in [-0.1, -0.05) is 13.8 Å². The van der Waals surface area contributed by atoms with Gasteiger partial charge in [-0.2, -0.15) is 0 Å². The molecule has 96 valence electrons. The summed E-state index contributed by atoms with van der Waals surface area (Å²) in [6, 6.07) is 0. The number of hydrogen-bond donors (Lipinski definition) is 2. The minimum Gasteiger partial charge on any atom is -0.480 e. The molecule has 0 aliphatic rings. The molecule has 0 amide bonds. The van der Waals surface area contributed by atoms with E-state index >= 15 is 0 Å². The smallest absolute Gasteiger partial charge is 0.320 e. The van der Waals surface area contributed by atoms with Gasteiger partial charge in [-0.3, -0.25) is 4.79 Å². The van der Waals surface area contributed by atoms with Crippen molar-refractivity contribution in [2.75, 3.05) is 26.0 Å². The Hall–Kier alpha value is -0.660. The van der Waals surface area contributed by atoms with Gasteiger partial charge in [0.2, 0.25) is 10.0 Å². The molecule has 0 bridgehead atoms. The summed E-state index contributed by atoms with van der Waals surface area (Å²) in [6.45, 7) is 4.50. The van der Waals surface area contributed by atoms with E-state index in [1.165, 1.54) is 0 Å². The second kappa shape index (κ2) is 6.17. The molecule has 0 rings (SSSR count). The van der Waals surface area contributed by atoms with Gasteiger partial charge < -0.3 is 9.84 Å². The third-order valence-electron chi connectivity index (χ3n) is 2.07. The number of rotatable bonds is 8. The maximum Gasteiger partial charge on any atom is 0.320 e. The van der Waals surface area contributed by atoms with Crippen LogP contribution >= 0.6 is 0 Å². The summed E-state index contributed by atoms with van der Waals surface area (Å²) in [5, 5.41) is 8.38. The largest absolute Gasteiger partial charge is 0.480 e. The fourth-order valence-electron chi connectivity index (χ4n) is 0.986. The van der Waals surface area contributed by atoms with Crippen LogP contribution in [0.15, 0.2) is 0 Å². The third kappa shape index (κ3) is 7.61. The van der Waals surface area contributed by atoms with Gasteiger partial charge in [0.25, 0.3) is 0 Å². The van der Waals surface area contributed by atoms with E-state index < -0.39 is 21.7 Å². The van der Waals surface area contributed by atoms with Crippen molar-refractivity contribution in [1.82, 2.24) is 4.72 Å². The van der Waals surface area contributed by atoms with Crippen LogP contribution in [-0.4, -0.2) is 45.5 Å². The highest BCUT2D eigenvalue weighted by atomic mass is 32.2. The molecule has 2 N–H and O–H groups in total. The summed E-state index contributed by atoms with van der Waals surface area (Å²) >= 11 is 0. The van der Waals surface area contributed by atoms with Crippen LogP contribution in [0.2, 0.25) is 0 Å². The van der Waals surface area contributed by atoms with E-state index in [9.17, 15) is 13.2 Å². The molecule has 0 aromatic rings. The van der Waals surface area contributed by atoms with Crippen molar-refractivity contribution in [1.29, 1.82) is 0 Å². The Kier molecular flexibility index (Phi) is 5.91. The van der Waals surface area contributed by atoms with Gasteiger partial charge in [0, 0.05) is 20.3 Å². The number of sulfonamides is 1. The van der Waals surface area contributed by atoms with Gasteiger partial charge in [0.15, 0.2) is 5.75 Å². The van der Waals surface area contributed by atoms with E-state index in [0.29, 0.717) is 13.0 Å². The molecule has 0 fully saturated rings. The van der Waals surface area contributed by atoms with Crippen LogP contribution < -0.4 is 4.72 Å². The predicted molar refractivity (Wildman–Crippen MR) is 59.7 cm³/mol. The van der Waals surface area contributed by atoms with Crippen molar-refractivity contribution >= 4 is 16.0 Å². The minimum atomic E-state index is -3.73. The van der Waals surface area contributed by atoms with Crippen molar-refractivity contribution < 1.29 is 23.1 Å². The number of aliphatic carboxylic acids is 1. The zero-order chi connectivity index (χ0) is 12.8. The molecule has 6 nitrogen and oxygen atoms in total. The van der Waals surface area contributed by atoms with Crippen LogP contribution in [0, 0.1) is 5.41 Å². The average Bonchev–Trinajstić information content (AvgIpc) is 2.10. The fourth-order valence-corrected chi connectivity index (χ4v) is 2.02. The van der Waals surface area contributed by atoms with Crippen LogP contribution in [0.1, 0.15) is 20.3 Å². The number of carbonyl (C=O) groups is 1. The Labute approximate surface area is 96.0 Å². The first-order valence-electron chi connectivity index (χ1n) is 4.87. The van der Waals surface area contributed by atoms with E-state index in [2.05, 4.69) is 4.72 Å². The Morgan fingerprint density at radius 1 is 1.44 bits per heavy atom. The topological polar surface area (TPSA) is 92.7 Å². The third-order valence-corrected chi connectivity index (χ3v) is 3.28. The maximum absolute atomic E-state index is 11.2. The summed E-state index contributed by atoms with van der Waals surface area (Å²) < 4.78 is 29.7. The highest BCUT2D eigenvalue weighted by Crippen LogP contribution is 2.18. The number of nitrogens with one attached hydrogen (secondary N) is 1. The normalized spacial score (nSPS) is 12.7. The Balaban J connectivity index is 4.17. The number of hydrogen-bond acceptors (Lipinski definition) is 4. The average molecular weight is 253 g/mol. The van der Waals surface area contributed by atoms with Gasteiger partial charge in [-0.15, -0.1) is 0 Å². The molecule has 0 aromatic heterocycles. The van der Waals surface area contributed by atoms with E-state index in [4.69, 9.17) is 9.84 Å².